The van der Waals surface area contributed by atoms with E-state index in [1.807, 2.05) is 17.3 Å². The predicted molar refractivity (Wildman–Crippen MR) is 103 cm³/mol. The van der Waals surface area contributed by atoms with Crippen LogP contribution in [0.1, 0.15) is 47.5 Å². The molecule has 0 saturated carbocycles. The summed E-state index contributed by atoms with van der Waals surface area (Å²) in [5.74, 6) is 0.392. The number of aryl methyl sites for hydroxylation is 1. The van der Waals surface area contributed by atoms with Crippen molar-refractivity contribution >= 4 is 28.3 Å². The first-order chi connectivity index (χ1) is 13.0. The molecule has 2 N–H and O–H groups in total. The van der Waals surface area contributed by atoms with Crippen molar-refractivity contribution in [1.82, 2.24) is 15.2 Å². The molecule has 0 spiro atoms. The Bertz CT molecular complexity index is 834. The molecule has 0 aliphatic carbocycles. The second-order valence-corrected chi connectivity index (χ2v) is 8.29. The Kier molecular flexibility index (Phi) is 5.01. The number of rotatable bonds is 5. The average Bonchev–Trinajstić information content (AvgIpc) is 3.35. The number of furan rings is 1. The van der Waals surface area contributed by atoms with E-state index in [1.165, 1.54) is 30.4 Å². The Morgan fingerprint density at radius 3 is 2.78 bits per heavy atom. The summed E-state index contributed by atoms with van der Waals surface area (Å²) < 4.78 is 5.15. The summed E-state index contributed by atoms with van der Waals surface area (Å²) >= 11 is 1.33. The molecule has 4 heterocycles. The molecule has 0 radical (unpaired) electrons. The minimum absolute atomic E-state index is 0.0788. The van der Waals surface area contributed by atoms with Crippen molar-refractivity contribution in [3.8, 4) is 0 Å². The Balaban J connectivity index is 1.34. The predicted octanol–water partition coefficient (Wildman–Crippen LogP) is 2.58. The Morgan fingerprint density at radius 2 is 2.11 bits per heavy atom. The Hall–Kier alpha value is -2.19. The number of amides is 2. The van der Waals surface area contributed by atoms with Gasteiger partial charge in [0.1, 0.15) is 5.76 Å². The van der Waals surface area contributed by atoms with Gasteiger partial charge in [-0.3, -0.25) is 14.9 Å². The van der Waals surface area contributed by atoms with E-state index in [2.05, 4.69) is 15.6 Å². The zero-order chi connectivity index (χ0) is 19.0. The van der Waals surface area contributed by atoms with Crippen LogP contribution in [0.15, 0.2) is 22.1 Å². The quantitative estimate of drug-likeness (QED) is 0.822. The average molecular weight is 388 g/mol. The number of hydrogen-bond acceptors (Lipinski definition) is 6. The molecular weight excluding hydrogens is 364 g/mol. The van der Waals surface area contributed by atoms with Crippen LogP contribution in [0, 0.1) is 6.92 Å². The minimum atomic E-state index is -0.254. The van der Waals surface area contributed by atoms with Crippen LogP contribution >= 0.6 is 11.3 Å². The maximum absolute atomic E-state index is 12.7. The number of likely N-dealkylation sites (N-methyl/N-ethyl adjacent to an activating group) is 1. The van der Waals surface area contributed by atoms with Gasteiger partial charge in [-0.2, -0.15) is 0 Å². The third-order valence-electron chi connectivity index (χ3n) is 5.60. The van der Waals surface area contributed by atoms with E-state index in [1.54, 1.807) is 13.0 Å². The molecule has 2 unspecified atom stereocenters. The van der Waals surface area contributed by atoms with Crippen molar-refractivity contribution < 1.29 is 14.0 Å². The third-order valence-corrected chi connectivity index (χ3v) is 6.40. The van der Waals surface area contributed by atoms with E-state index in [0.29, 0.717) is 40.3 Å². The summed E-state index contributed by atoms with van der Waals surface area (Å²) in [6.45, 7) is 1.74. The number of anilines is 1. The Morgan fingerprint density at radius 1 is 1.37 bits per heavy atom. The molecule has 2 amide bonds. The lowest BCUT2D eigenvalue weighted by Gasteiger charge is -2.35. The molecule has 144 valence electrons. The molecule has 2 aliphatic heterocycles. The van der Waals surface area contributed by atoms with Gasteiger partial charge in [0.05, 0.1) is 23.9 Å². The molecule has 2 aromatic rings. The van der Waals surface area contributed by atoms with Gasteiger partial charge >= 0.3 is 0 Å². The number of piperidine rings is 1. The van der Waals surface area contributed by atoms with E-state index < -0.39 is 0 Å². The first kappa shape index (κ1) is 18.2. The lowest BCUT2D eigenvalue weighted by molar-refractivity contribution is -0.132. The molecule has 7 nitrogen and oxygen atoms in total. The molecule has 2 saturated heterocycles. The van der Waals surface area contributed by atoms with Gasteiger partial charge in [0.15, 0.2) is 5.13 Å². The van der Waals surface area contributed by atoms with Crippen molar-refractivity contribution in [2.24, 2.45) is 0 Å². The molecule has 2 aliphatic rings. The van der Waals surface area contributed by atoms with Crippen molar-refractivity contribution in [2.75, 3.05) is 12.4 Å². The SMILES string of the molecule is Cc1occc1C(=O)Nc1nc(CC(=O)N(C)C2CC3CCC(C2)N3)cs1. The van der Waals surface area contributed by atoms with Gasteiger partial charge < -0.3 is 14.6 Å². The smallest absolute Gasteiger partial charge is 0.260 e. The van der Waals surface area contributed by atoms with Crippen molar-refractivity contribution in [2.45, 2.75) is 57.2 Å². The van der Waals surface area contributed by atoms with Gasteiger partial charge in [0.25, 0.3) is 5.91 Å². The highest BCUT2D eigenvalue weighted by molar-refractivity contribution is 7.14. The summed E-state index contributed by atoms with van der Waals surface area (Å²) in [7, 11) is 1.90. The van der Waals surface area contributed by atoms with Crippen LogP contribution in [-0.4, -0.2) is 46.9 Å². The van der Waals surface area contributed by atoms with Crippen LogP contribution in [0.4, 0.5) is 5.13 Å². The molecule has 0 aromatic carbocycles. The Labute approximate surface area is 162 Å². The van der Waals surface area contributed by atoms with E-state index in [-0.39, 0.29) is 18.2 Å². The van der Waals surface area contributed by atoms with Crippen LogP contribution in [0.3, 0.4) is 0 Å². The van der Waals surface area contributed by atoms with Gasteiger partial charge in [-0.25, -0.2) is 4.98 Å². The van der Waals surface area contributed by atoms with Crippen LogP contribution in [0.25, 0.3) is 0 Å². The van der Waals surface area contributed by atoms with Gasteiger partial charge in [-0.1, -0.05) is 0 Å². The normalized spacial score (nSPS) is 24.0. The van der Waals surface area contributed by atoms with Crippen LogP contribution in [0.5, 0.6) is 0 Å². The fourth-order valence-corrected chi connectivity index (χ4v) is 4.76. The highest BCUT2D eigenvalue weighted by Crippen LogP contribution is 2.29. The van der Waals surface area contributed by atoms with E-state index in [9.17, 15) is 9.59 Å². The van der Waals surface area contributed by atoms with Crippen LogP contribution < -0.4 is 10.6 Å². The van der Waals surface area contributed by atoms with Gasteiger partial charge in [0, 0.05) is 30.6 Å². The van der Waals surface area contributed by atoms with E-state index in [4.69, 9.17) is 4.42 Å². The number of nitrogens with one attached hydrogen (secondary N) is 2. The first-order valence-electron chi connectivity index (χ1n) is 9.31. The van der Waals surface area contributed by atoms with Gasteiger partial charge in [0.2, 0.25) is 5.91 Å². The monoisotopic (exact) mass is 388 g/mol. The zero-order valence-electron chi connectivity index (χ0n) is 15.5. The topological polar surface area (TPSA) is 87.5 Å². The maximum atomic E-state index is 12.7. The number of aromatic nitrogens is 1. The molecule has 27 heavy (non-hydrogen) atoms. The lowest BCUT2D eigenvalue weighted by Crippen LogP contribution is -2.49. The second-order valence-electron chi connectivity index (χ2n) is 7.43. The summed E-state index contributed by atoms with van der Waals surface area (Å²) in [4.78, 5) is 31.2. The van der Waals surface area contributed by atoms with Crippen molar-refractivity contribution in [1.29, 1.82) is 0 Å². The van der Waals surface area contributed by atoms with Crippen molar-refractivity contribution in [3.63, 3.8) is 0 Å². The van der Waals surface area contributed by atoms with E-state index in [0.717, 1.165) is 12.8 Å². The van der Waals surface area contributed by atoms with Gasteiger partial charge in [-0.15, -0.1) is 11.3 Å². The lowest BCUT2D eigenvalue weighted by atomic mass is 9.98. The summed E-state index contributed by atoms with van der Waals surface area (Å²) in [6, 6.07) is 3.04. The van der Waals surface area contributed by atoms with E-state index >= 15 is 0 Å². The molecule has 8 heteroatoms. The minimum Gasteiger partial charge on any atom is -0.469 e. The third kappa shape index (κ3) is 3.91. The second kappa shape index (κ2) is 7.44. The molecule has 2 bridgehead atoms. The van der Waals surface area contributed by atoms with Gasteiger partial charge in [-0.05, 0) is 38.7 Å². The number of thiazole rings is 1. The first-order valence-corrected chi connectivity index (χ1v) is 10.2. The van der Waals surface area contributed by atoms with Crippen LogP contribution in [0.2, 0.25) is 0 Å². The summed E-state index contributed by atoms with van der Waals surface area (Å²) in [5.41, 5.74) is 1.18. The highest BCUT2D eigenvalue weighted by Gasteiger charge is 2.36. The molecule has 2 atom stereocenters. The fourth-order valence-electron chi connectivity index (χ4n) is 4.06. The molecule has 4 rings (SSSR count). The van der Waals surface area contributed by atoms with Crippen molar-refractivity contribution in [3.05, 3.63) is 34.7 Å². The standard InChI is InChI=1S/C19H24N4O3S/c1-11-16(5-6-26-11)18(25)22-19-21-14(10-27-19)9-17(24)23(2)15-7-12-3-4-13(8-15)20-12/h5-6,10,12-13,15,20H,3-4,7-9H2,1-2H3,(H,21,22,25). The molecule has 2 fully saturated rings. The number of fused-ring (bicyclic) bond motifs is 2. The maximum Gasteiger partial charge on any atom is 0.260 e. The summed E-state index contributed by atoms with van der Waals surface area (Å²) in [6.07, 6.45) is 6.23. The molecular formula is C19H24N4O3S. The fraction of sp³-hybridized carbons (Fsp3) is 0.526. The highest BCUT2D eigenvalue weighted by atomic mass is 32.1. The zero-order valence-corrected chi connectivity index (χ0v) is 16.3. The molecule has 2 aromatic heterocycles. The number of carbonyl (C=O) groups excluding carboxylic acids is 2. The number of carbonyl (C=O) groups is 2. The summed E-state index contributed by atoms with van der Waals surface area (Å²) in [5, 5.41) is 8.69. The largest absolute Gasteiger partial charge is 0.469 e. The number of nitrogens with zero attached hydrogens (tertiary/aromatic N) is 2. The number of hydrogen-bond donors (Lipinski definition) is 2. The van der Waals surface area contributed by atoms with Crippen LogP contribution in [-0.2, 0) is 11.2 Å².